The van der Waals surface area contributed by atoms with Gasteiger partial charge in [-0.25, -0.2) is 0 Å². The standard InChI is InChI=1S/C21H21N3O2/c1-2-13-10-15-11-16(4-5-17(15)19(13)25)24-9-6-14-12-18(22-20(14)24)21(26)23-7-3-8-23/h4-5,10-12,22H,2-3,6-9H2,1H3. The van der Waals surface area contributed by atoms with E-state index in [0.29, 0.717) is 5.69 Å². The largest absolute Gasteiger partial charge is 0.337 e. The van der Waals surface area contributed by atoms with Crippen molar-refractivity contribution in [3.8, 4) is 0 Å². The van der Waals surface area contributed by atoms with E-state index in [1.807, 2.05) is 36.1 Å². The summed E-state index contributed by atoms with van der Waals surface area (Å²) in [4.78, 5) is 32.2. The van der Waals surface area contributed by atoms with Crippen LogP contribution in [0.1, 0.15) is 51.7 Å². The SMILES string of the molecule is CCC1=Cc2cc(N3CCc4cc(C(=O)N5CCC5)[nH]c43)ccc2C1=O. The molecular weight excluding hydrogens is 326 g/mol. The normalized spacial score (nSPS) is 17.9. The molecule has 1 fully saturated rings. The topological polar surface area (TPSA) is 56.4 Å². The van der Waals surface area contributed by atoms with Crippen LogP contribution in [-0.2, 0) is 6.42 Å². The van der Waals surface area contributed by atoms with E-state index >= 15 is 0 Å². The minimum Gasteiger partial charge on any atom is -0.337 e. The summed E-state index contributed by atoms with van der Waals surface area (Å²) in [7, 11) is 0. The number of hydrogen-bond acceptors (Lipinski definition) is 3. The molecule has 3 heterocycles. The van der Waals surface area contributed by atoms with Crippen molar-refractivity contribution in [2.24, 2.45) is 0 Å². The number of Topliss-reactive ketones (excluding diaryl/α,β-unsaturated/α-hetero) is 1. The van der Waals surface area contributed by atoms with Crippen LogP contribution in [0.4, 0.5) is 11.5 Å². The Bertz CT molecular complexity index is 966. The van der Waals surface area contributed by atoms with Crippen molar-refractivity contribution in [3.05, 3.63) is 52.2 Å². The molecule has 5 rings (SSSR count). The molecule has 26 heavy (non-hydrogen) atoms. The Morgan fingerprint density at radius 2 is 2.04 bits per heavy atom. The third-order valence-electron chi connectivity index (χ3n) is 5.72. The molecule has 1 amide bonds. The first-order valence-corrected chi connectivity index (χ1v) is 9.33. The zero-order chi connectivity index (χ0) is 17.8. The number of fused-ring (bicyclic) bond motifs is 2. The van der Waals surface area contributed by atoms with E-state index in [4.69, 9.17) is 0 Å². The van der Waals surface area contributed by atoms with E-state index in [1.54, 1.807) is 0 Å². The number of anilines is 2. The monoisotopic (exact) mass is 347 g/mol. The van der Waals surface area contributed by atoms with Gasteiger partial charge in [-0.2, -0.15) is 0 Å². The van der Waals surface area contributed by atoms with Gasteiger partial charge in [0.2, 0.25) is 0 Å². The van der Waals surface area contributed by atoms with Gasteiger partial charge < -0.3 is 14.8 Å². The second kappa shape index (κ2) is 5.59. The molecular formula is C21H21N3O2. The van der Waals surface area contributed by atoms with Gasteiger partial charge in [-0.3, -0.25) is 9.59 Å². The molecule has 1 N–H and O–H groups in total. The van der Waals surface area contributed by atoms with Crippen molar-refractivity contribution < 1.29 is 9.59 Å². The molecule has 2 aromatic rings. The van der Waals surface area contributed by atoms with Crippen LogP contribution in [-0.4, -0.2) is 41.2 Å². The number of amides is 1. The number of rotatable bonds is 3. The summed E-state index contributed by atoms with van der Waals surface area (Å²) >= 11 is 0. The predicted molar refractivity (Wildman–Crippen MR) is 101 cm³/mol. The lowest BCUT2D eigenvalue weighted by molar-refractivity contribution is 0.0646. The Labute approximate surface area is 152 Å². The van der Waals surface area contributed by atoms with Gasteiger partial charge in [0.25, 0.3) is 5.91 Å². The minimum atomic E-state index is 0.0978. The number of hydrogen-bond donors (Lipinski definition) is 1. The van der Waals surface area contributed by atoms with E-state index in [-0.39, 0.29) is 11.7 Å². The molecule has 1 aromatic carbocycles. The molecule has 0 spiro atoms. The molecule has 0 atom stereocenters. The molecule has 5 nitrogen and oxygen atoms in total. The number of aromatic nitrogens is 1. The lowest BCUT2D eigenvalue weighted by atomic mass is 10.1. The second-order valence-corrected chi connectivity index (χ2v) is 7.23. The van der Waals surface area contributed by atoms with Crippen LogP contribution >= 0.6 is 0 Å². The van der Waals surface area contributed by atoms with Gasteiger partial charge in [0.05, 0.1) is 0 Å². The number of carbonyl (C=O) groups is 2. The number of benzene rings is 1. The van der Waals surface area contributed by atoms with Gasteiger partial charge in [0, 0.05) is 36.5 Å². The van der Waals surface area contributed by atoms with Crippen LogP contribution in [0.2, 0.25) is 0 Å². The van der Waals surface area contributed by atoms with Crippen LogP contribution in [0.5, 0.6) is 0 Å². The first-order valence-electron chi connectivity index (χ1n) is 9.33. The molecule has 1 aliphatic carbocycles. The summed E-state index contributed by atoms with van der Waals surface area (Å²) in [5.41, 5.74) is 5.61. The Balaban J connectivity index is 1.47. The fourth-order valence-electron chi connectivity index (χ4n) is 4.06. The van der Waals surface area contributed by atoms with Gasteiger partial charge in [-0.1, -0.05) is 6.92 Å². The molecule has 1 aromatic heterocycles. The number of ketones is 1. The minimum absolute atomic E-state index is 0.0978. The lowest BCUT2D eigenvalue weighted by Crippen LogP contribution is -2.42. The maximum atomic E-state index is 12.5. The number of nitrogens with one attached hydrogen (secondary N) is 1. The van der Waals surface area contributed by atoms with Crippen molar-refractivity contribution >= 4 is 29.3 Å². The molecule has 0 bridgehead atoms. The Hall–Kier alpha value is -2.82. The van der Waals surface area contributed by atoms with Crippen LogP contribution in [0, 0.1) is 0 Å². The highest BCUT2D eigenvalue weighted by Gasteiger charge is 2.29. The maximum Gasteiger partial charge on any atom is 0.270 e. The Morgan fingerprint density at radius 1 is 1.19 bits per heavy atom. The van der Waals surface area contributed by atoms with Gasteiger partial charge in [0.1, 0.15) is 11.5 Å². The zero-order valence-electron chi connectivity index (χ0n) is 14.8. The average molecular weight is 347 g/mol. The molecule has 0 radical (unpaired) electrons. The van der Waals surface area contributed by atoms with Crippen LogP contribution < -0.4 is 4.90 Å². The molecule has 132 valence electrons. The van der Waals surface area contributed by atoms with Crippen LogP contribution in [0.15, 0.2) is 29.8 Å². The van der Waals surface area contributed by atoms with Crippen molar-refractivity contribution in [3.63, 3.8) is 0 Å². The van der Waals surface area contributed by atoms with Gasteiger partial charge in [-0.05, 0) is 60.7 Å². The van der Waals surface area contributed by atoms with Crippen molar-refractivity contribution in [2.45, 2.75) is 26.2 Å². The number of nitrogens with zero attached hydrogens (tertiary/aromatic N) is 2. The summed E-state index contributed by atoms with van der Waals surface area (Å²) < 4.78 is 0. The van der Waals surface area contributed by atoms with Crippen molar-refractivity contribution in [1.29, 1.82) is 0 Å². The Morgan fingerprint density at radius 3 is 2.77 bits per heavy atom. The number of likely N-dealkylation sites (tertiary alicyclic amines) is 1. The number of H-pyrrole nitrogens is 1. The van der Waals surface area contributed by atoms with Crippen LogP contribution in [0.25, 0.3) is 6.08 Å². The van der Waals surface area contributed by atoms with E-state index < -0.39 is 0 Å². The number of carbonyl (C=O) groups excluding carboxylic acids is 2. The van der Waals surface area contributed by atoms with E-state index in [9.17, 15) is 9.59 Å². The predicted octanol–water partition coefficient (Wildman–Crippen LogP) is 3.54. The summed E-state index contributed by atoms with van der Waals surface area (Å²) in [6.07, 6.45) is 4.78. The lowest BCUT2D eigenvalue weighted by Gasteiger charge is -2.30. The quantitative estimate of drug-likeness (QED) is 0.924. The molecule has 0 saturated carbocycles. The summed E-state index contributed by atoms with van der Waals surface area (Å²) in [5, 5.41) is 0. The average Bonchev–Trinajstić information content (AvgIpc) is 3.25. The number of allylic oxidation sites excluding steroid dienone is 1. The molecule has 3 aliphatic rings. The third kappa shape index (κ3) is 2.16. The van der Waals surface area contributed by atoms with Crippen LogP contribution in [0.3, 0.4) is 0 Å². The van der Waals surface area contributed by atoms with Gasteiger partial charge in [0.15, 0.2) is 5.78 Å². The highest BCUT2D eigenvalue weighted by atomic mass is 16.2. The maximum absolute atomic E-state index is 12.5. The Kier molecular flexibility index (Phi) is 3.32. The summed E-state index contributed by atoms with van der Waals surface area (Å²) in [5.74, 6) is 1.26. The smallest absolute Gasteiger partial charge is 0.270 e. The first-order chi connectivity index (χ1) is 12.7. The molecule has 0 unspecified atom stereocenters. The van der Waals surface area contributed by atoms with Crippen molar-refractivity contribution in [2.75, 3.05) is 24.5 Å². The van der Waals surface area contributed by atoms with Gasteiger partial charge in [-0.15, -0.1) is 0 Å². The van der Waals surface area contributed by atoms with E-state index in [2.05, 4.69) is 16.0 Å². The molecule has 5 heteroatoms. The third-order valence-corrected chi connectivity index (χ3v) is 5.72. The fourth-order valence-corrected chi connectivity index (χ4v) is 4.06. The van der Waals surface area contributed by atoms with E-state index in [0.717, 1.165) is 67.1 Å². The van der Waals surface area contributed by atoms with E-state index in [1.165, 1.54) is 5.56 Å². The second-order valence-electron chi connectivity index (χ2n) is 7.23. The highest BCUT2D eigenvalue weighted by Crippen LogP contribution is 2.37. The zero-order valence-corrected chi connectivity index (χ0v) is 14.8. The molecule has 1 saturated heterocycles. The fraction of sp³-hybridized carbons (Fsp3) is 0.333. The van der Waals surface area contributed by atoms with Crippen molar-refractivity contribution in [1.82, 2.24) is 9.88 Å². The van der Waals surface area contributed by atoms with Gasteiger partial charge >= 0.3 is 0 Å². The summed E-state index contributed by atoms with van der Waals surface area (Å²) in [6, 6.07) is 8.03. The summed E-state index contributed by atoms with van der Waals surface area (Å²) in [6.45, 7) is 4.61. The highest BCUT2D eigenvalue weighted by molar-refractivity contribution is 6.18. The number of aromatic amines is 1. The molecule has 2 aliphatic heterocycles. The first kappa shape index (κ1) is 15.4.